The minimum atomic E-state index is -0.213. The number of carbonyl (C=O) groups excluding carboxylic acids is 1. The van der Waals surface area contributed by atoms with Gasteiger partial charge >= 0.3 is 0 Å². The fraction of sp³-hybridized carbons (Fsp3) is 0.400. The van der Waals surface area contributed by atoms with Crippen molar-refractivity contribution in [1.82, 2.24) is 9.78 Å². The Balaban J connectivity index is 1.55. The summed E-state index contributed by atoms with van der Waals surface area (Å²) in [6.07, 6.45) is 8.84. The molecule has 0 atom stereocenters. The maximum Gasteiger partial charge on any atom is 0.248 e. The first kappa shape index (κ1) is 19.0. The molecule has 1 aromatic carbocycles. The highest BCUT2D eigenvalue weighted by molar-refractivity contribution is 6.01. The van der Waals surface area contributed by atoms with Gasteiger partial charge in [-0.1, -0.05) is 6.07 Å². The first-order valence-corrected chi connectivity index (χ1v) is 8.99. The number of nitrogens with zero attached hydrogens (tertiary/aromatic N) is 2. The molecule has 0 saturated carbocycles. The Labute approximate surface area is 158 Å². The second kappa shape index (κ2) is 9.23. The largest absolute Gasteiger partial charge is 0.493 e. The highest BCUT2D eigenvalue weighted by Crippen LogP contribution is 2.28. The lowest BCUT2D eigenvalue weighted by Gasteiger charge is -2.21. The van der Waals surface area contributed by atoms with E-state index in [0.29, 0.717) is 23.1 Å². The third kappa shape index (κ3) is 5.34. The van der Waals surface area contributed by atoms with E-state index >= 15 is 0 Å². The van der Waals surface area contributed by atoms with E-state index in [4.69, 9.17) is 14.2 Å². The highest BCUT2D eigenvalue weighted by atomic mass is 16.5. The Bertz CT molecular complexity index is 794. The van der Waals surface area contributed by atoms with Gasteiger partial charge in [-0.15, -0.1) is 0 Å². The predicted molar refractivity (Wildman–Crippen MR) is 103 cm³/mol. The van der Waals surface area contributed by atoms with Gasteiger partial charge in [0.1, 0.15) is 0 Å². The quantitative estimate of drug-likeness (QED) is 0.758. The second-order valence-electron chi connectivity index (χ2n) is 6.44. The Hall–Kier alpha value is -2.80. The molecule has 1 amide bonds. The van der Waals surface area contributed by atoms with Crippen LogP contribution in [-0.4, -0.2) is 43.1 Å². The molecule has 7 nitrogen and oxygen atoms in total. The van der Waals surface area contributed by atoms with Crippen LogP contribution in [0.4, 0.5) is 5.69 Å². The summed E-state index contributed by atoms with van der Waals surface area (Å²) in [5.41, 5.74) is 1.53. The fourth-order valence-corrected chi connectivity index (χ4v) is 3.03. The van der Waals surface area contributed by atoms with Gasteiger partial charge in [-0.2, -0.15) is 5.10 Å². The topological polar surface area (TPSA) is 74.6 Å². The van der Waals surface area contributed by atoms with Crippen molar-refractivity contribution in [2.75, 3.05) is 32.8 Å². The molecule has 1 fully saturated rings. The SMILES string of the molecule is COc1ccc(C=CC(=O)Nc2cnn(CC3CCOCC3)c2)cc1OC. The molecule has 2 heterocycles. The van der Waals surface area contributed by atoms with Gasteiger partial charge < -0.3 is 19.5 Å². The fourth-order valence-electron chi connectivity index (χ4n) is 3.03. The molecular weight excluding hydrogens is 346 g/mol. The zero-order valence-corrected chi connectivity index (χ0v) is 15.7. The molecule has 0 spiro atoms. The monoisotopic (exact) mass is 371 g/mol. The molecule has 1 aliphatic rings. The average Bonchev–Trinajstić information content (AvgIpc) is 3.13. The standard InChI is InChI=1S/C20H25N3O4/c1-25-18-5-3-15(11-19(18)26-2)4-6-20(24)22-17-12-21-23(14-17)13-16-7-9-27-10-8-16/h3-6,11-12,14,16H,7-10,13H2,1-2H3,(H,22,24). The zero-order valence-electron chi connectivity index (χ0n) is 15.7. The van der Waals surface area contributed by atoms with Crippen LogP contribution in [0, 0.1) is 5.92 Å². The molecule has 0 unspecified atom stereocenters. The summed E-state index contributed by atoms with van der Waals surface area (Å²) in [5, 5.41) is 7.16. The maximum absolute atomic E-state index is 12.2. The third-order valence-electron chi connectivity index (χ3n) is 4.52. The summed E-state index contributed by atoms with van der Waals surface area (Å²) >= 11 is 0. The van der Waals surface area contributed by atoms with Crippen molar-refractivity contribution >= 4 is 17.7 Å². The molecule has 144 valence electrons. The van der Waals surface area contributed by atoms with Crippen LogP contribution in [0.2, 0.25) is 0 Å². The number of aromatic nitrogens is 2. The van der Waals surface area contributed by atoms with E-state index in [2.05, 4.69) is 10.4 Å². The van der Waals surface area contributed by atoms with Crippen molar-refractivity contribution in [3.63, 3.8) is 0 Å². The summed E-state index contributed by atoms with van der Waals surface area (Å²) in [7, 11) is 3.17. The summed E-state index contributed by atoms with van der Waals surface area (Å²) in [6.45, 7) is 2.48. The number of nitrogens with one attached hydrogen (secondary N) is 1. The zero-order chi connectivity index (χ0) is 19.1. The van der Waals surface area contributed by atoms with E-state index in [1.807, 2.05) is 23.0 Å². The summed E-state index contributed by atoms with van der Waals surface area (Å²) < 4.78 is 17.7. The van der Waals surface area contributed by atoms with Gasteiger partial charge in [0.15, 0.2) is 11.5 Å². The number of carbonyl (C=O) groups is 1. The Morgan fingerprint density at radius 1 is 1.30 bits per heavy atom. The van der Waals surface area contributed by atoms with Crippen molar-refractivity contribution < 1.29 is 19.0 Å². The summed E-state index contributed by atoms with van der Waals surface area (Å²) in [4.78, 5) is 12.2. The molecule has 0 radical (unpaired) electrons. The van der Waals surface area contributed by atoms with E-state index in [9.17, 15) is 4.79 Å². The minimum Gasteiger partial charge on any atom is -0.493 e. The van der Waals surface area contributed by atoms with Crippen LogP contribution < -0.4 is 14.8 Å². The molecule has 1 aromatic heterocycles. The van der Waals surface area contributed by atoms with Gasteiger partial charge in [-0.05, 0) is 42.5 Å². The molecule has 1 saturated heterocycles. The summed E-state index contributed by atoms with van der Waals surface area (Å²) in [5.74, 6) is 1.63. The first-order valence-electron chi connectivity index (χ1n) is 8.99. The van der Waals surface area contributed by atoms with E-state index in [-0.39, 0.29) is 5.91 Å². The van der Waals surface area contributed by atoms with Crippen LogP contribution in [0.15, 0.2) is 36.7 Å². The first-order chi connectivity index (χ1) is 13.2. The predicted octanol–water partition coefficient (Wildman–Crippen LogP) is 2.98. The maximum atomic E-state index is 12.2. The number of ether oxygens (including phenoxy) is 3. The van der Waals surface area contributed by atoms with Crippen LogP contribution >= 0.6 is 0 Å². The average molecular weight is 371 g/mol. The van der Waals surface area contributed by atoms with Crippen LogP contribution in [0.5, 0.6) is 11.5 Å². The molecule has 7 heteroatoms. The second-order valence-corrected chi connectivity index (χ2v) is 6.44. The van der Waals surface area contributed by atoms with E-state index in [0.717, 1.165) is 38.2 Å². The normalized spacial score (nSPS) is 15.0. The van der Waals surface area contributed by atoms with Crippen LogP contribution in [0.3, 0.4) is 0 Å². The number of hydrogen-bond acceptors (Lipinski definition) is 5. The van der Waals surface area contributed by atoms with Crippen molar-refractivity contribution in [3.8, 4) is 11.5 Å². The van der Waals surface area contributed by atoms with Gasteiger partial charge in [0, 0.05) is 32.0 Å². The number of amides is 1. The molecule has 1 aliphatic heterocycles. The minimum absolute atomic E-state index is 0.213. The van der Waals surface area contributed by atoms with Gasteiger partial charge in [-0.3, -0.25) is 9.48 Å². The van der Waals surface area contributed by atoms with Crippen LogP contribution in [0.25, 0.3) is 6.08 Å². The number of rotatable bonds is 7. The van der Waals surface area contributed by atoms with Gasteiger partial charge in [-0.25, -0.2) is 0 Å². The van der Waals surface area contributed by atoms with Crippen LogP contribution in [0.1, 0.15) is 18.4 Å². The van der Waals surface area contributed by atoms with Gasteiger partial charge in [0.2, 0.25) is 5.91 Å². The van der Waals surface area contributed by atoms with E-state index < -0.39 is 0 Å². The number of methoxy groups -OCH3 is 2. The lowest BCUT2D eigenvalue weighted by molar-refractivity contribution is -0.111. The molecular formula is C20H25N3O4. The Morgan fingerprint density at radius 3 is 2.81 bits per heavy atom. The highest BCUT2D eigenvalue weighted by Gasteiger charge is 2.15. The molecule has 0 aliphatic carbocycles. The molecule has 0 bridgehead atoms. The molecule has 27 heavy (non-hydrogen) atoms. The van der Waals surface area contributed by atoms with Crippen LogP contribution in [-0.2, 0) is 16.1 Å². The molecule has 2 aromatic rings. The summed E-state index contributed by atoms with van der Waals surface area (Å²) in [6, 6.07) is 5.47. The van der Waals surface area contributed by atoms with Crippen molar-refractivity contribution in [2.45, 2.75) is 19.4 Å². The third-order valence-corrected chi connectivity index (χ3v) is 4.52. The number of benzene rings is 1. The lowest BCUT2D eigenvalue weighted by atomic mass is 10.0. The van der Waals surface area contributed by atoms with Crippen molar-refractivity contribution in [2.24, 2.45) is 5.92 Å². The Morgan fingerprint density at radius 2 is 2.07 bits per heavy atom. The number of hydrogen-bond donors (Lipinski definition) is 1. The van der Waals surface area contributed by atoms with E-state index in [1.54, 1.807) is 32.6 Å². The lowest BCUT2D eigenvalue weighted by Crippen LogP contribution is -2.20. The Kier molecular flexibility index (Phi) is 6.49. The van der Waals surface area contributed by atoms with Crippen molar-refractivity contribution in [3.05, 3.63) is 42.2 Å². The molecule has 1 N–H and O–H groups in total. The smallest absolute Gasteiger partial charge is 0.248 e. The van der Waals surface area contributed by atoms with Gasteiger partial charge in [0.05, 0.1) is 26.1 Å². The van der Waals surface area contributed by atoms with E-state index in [1.165, 1.54) is 6.08 Å². The van der Waals surface area contributed by atoms with Gasteiger partial charge in [0.25, 0.3) is 0 Å². The number of anilines is 1. The van der Waals surface area contributed by atoms with Crippen molar-refractivity contribution in [1.29, 1.82) is 0 Å². The molecule has 3 rings (SSSR count).